The molecule has 182 valence electrons. The van der Waals surface area contributed by atoms with Crippen molar-refractivity contribution in [2.75, 3.05) is 44.2 Å². The molecule has 2 heterocycles. The first-order valence-electron chi connectivity index (χ1n) is 9.95. The van der Waals surface area contributed by atoms with Crippen LogP contribution in [0.5, 0.6) is 0 Å². The average Bonchev–Trinajstić information content (AvgIpc) is 3.28. The maximum absolute atomic E-state index is 12.9. The number of rotatable bonds is 7. The number of carboxylic acids is 2. The van der Waals surface area contributed by atoms with Crippen molar-refractivity contribution in [1.82, 2.24) is 4.90 Å². The predicted octanol–water partition coefficient (Wildman–Crippen LogP) is 2.15. The van der Waals surface area contributed by atoms with Gasteiger partial charge in [0.25, 0.3) is 0 Å². The molecule has 3 N–H and O–H groups in total. The van der Waals surface area contributed by atoms with Crippen LogP contribution >= 0.6 is 0 Å². The summed E-state index contributed by atoms with van der Waals surface area (Å²) in [6.07, 6.45) is -3.39. The molecule has 0 saturated carbocycles. The fourth-order valence-corrected chi connectivity index (χ4v) is 3.11. The highest BCUT2D eigenvalue weighted by atomic mass is 19.4. The zero-order valence-corrected chi connectivity index (χ0v) is 17.6. The number of halogens is 3. The first-order valence-corrected chi connectivity index (χ1v) is 9.95. The molecule has 1 aromatic carbocycles. The van der Waals surface area contributed by atoms with Crippen molar-refractivity contribution in [3.63, 3.8) is 0 Å². The third kappa shape index (κ3) is 9.12. The van der Waals surface area contributed by atoms with Gasteiger partial charge in [0.15, 0.2) is 0 Å². The molecule has 1 aliphatic rings. The van der Waals surface area contributed by atoms with E-state index < -0.39 is 29.8 Å². The third-order valence-electron chi connectivity index (χ3n) is 4.70. The number of hydrogen-bond acceptors (Lipinski definition) is 7. The predicted molar refractivity (Wildman–Crippen MR) is 110 cm³/mol. The summed E-state index contributed by atoms with van der Waals surface area (Å²) in [7, 11) is 0. The van der Waals surface area contributed by atoms with Crippen LogP contribution in [0.15, 0.2) is 47.1 Å². The van der Waals surface area contributed by atoms with E-state index in [4.69, 9.17) is 29.0 Å². The second kappa shape index (κ2) is 12.2. The van der Waals surface area contributed by atoms with E-state index in [1.807, 2.05) is 4.90 Å². The number of hydrogen-bond donors (Lipinski definition) is 3. The van der Waals surface area contributed by atoms with Crippen molar-refractivity contribution >= 4 is 17.6 Å². The van der Waals surface area contributed by atoms with Crippen LogP contribution in [-0.4, -0.2) is 77.6 Å². The second-order valence-corrected chi connectivity index (χ2v) is 7.19. The van der Waals surface area contributed by atoms with Crippen molar-refractivity contribution in [3.8, 4) is 0 Å². The zero-order chi connectivity index (χ0) is 24.4. The first kappa shape index (κ1) is 26.2. The molecule has 33 heavy (non-hydrogen) atoms. The van der Waals surface area contributed by atoms with Gasteiger partial charge in [-0.05, 0) is 30.3 Å². The van der Waals surface area contributed by atoms with Gasteiger partial charge in [-0.15, -0.1) is 0 Å². The summed E-state index contributed by atoms with van der Waals surface area (Å²) in [5.41, 5.74) is -0.0571. The quantitative estimate of drug-likeness (QED) is 0.518. The molecule has 1 unspecified atom stereocenters. The number of anilines is 1. The van der Waals surface area contributed by atoms with Gasteiger partial charge in [-0.2, -0.15) is 13.2 Å². The molecule has 2 aromatic rings. The van der Waals surface area contributed by atoms with Crippen LogP contribution in [0.1, 0.15) is 11.3 Å². The van der Waals surface area contributed by atoms with Crippen LogP contribution in [0.2, 0.25) is 0 Å². The van der Waals surface area contributed by atoms with Crippen LogP contribution < -0.4 is 4.90 Å². The van der Waals surface area contributed by atoms with E-state index in [0.717, 1.165) is 6.07 Å². The maximum Gasteiger partial charge on any atom is 0.416 e. The Hall–Kier alpha value is -3.09. The number of β-amino-alcohol motifs (C(OH)–C–C–N with tert-alkyl or cyclic N) is 1. The summed E-state index contributed by atoms with van der Waals surface area (Å²) in [6, 6.07) is 8.98. The van der Waals surface area contributed by atoms with Gasteiger partial charge in [-0.3, -0.25) is 4.90 Å². The SMILES string of the molecule is O=C(O)C(=O)O.OC(COCc1ccco1)CN1CCN(c2cccc(C(F)(F)F)c2)CC1. The van der Waals surface area contributed by atoms with Crippen LogP contribution in [-0.2, 0) is 27.1 Å². The van der Waals surface area contributed by atoms with Crippen LogP contribution in [0.25, 0.3) is 0 Å². The van der Waals surface area contributed by atoms with Gasteiger partial charge in [0, 0.05) is 38.4 Å². The van der Waals surface area contributed by atoms with Gasteiger partial charge in [0.05, 0.1) is 24.5 Å². The van der Waals surface area contributed by atoms with E-state index in [1.165, 1.54) is 12.1 Å². The van der Waals surface area contributed by atoms with Gasteiger partial charge in [0.1, 0.15) is 12.4 Å². The van der Waals surface area contributed by atoms with E-state index in [0.29, 0.717) is 50.8 Å². The van der Waals surface area contributed by atoms with Crippen molar-refractivity contribution in [3.05, 3.63) is 54.0 Å². The fourth-order valence-electron chi connectivity index (χ4n) is 3.11. The zero-order valence-electron chi connectivity index (χ0n) is 17.6. The number of piperazine rings is 1. The van der Waals surface area contributed by atoms with Gasteiger partial charge >= 0.3 is 18.1 Å². The third-order valence-corrected chi connectivity index (χ3v) is 4.70. The summed E-state index contributed by atoms with van der Waals surface area (Å²) in [6.45, 7) is 3.55. The monoisotopic (exact) mass is 474 g/mol. The van der Waals surface area contributed by atoms with E-state index in [-0.39, 0.29) is 6.61 Å². The molecule has 1 aliphatic heterocycles. The standard InChI is InChI=1S/C19H23F3N2O3.C2H2O4/c20-19(21,22)15-3-1-4-16(11-15)24-8-6-23(7-9-24)12-17(25)13-26-14-18-5-2-10-27-18;3-1(4)2(5)6/h1-5,10-11,17,25H,6-9,12-14H2;(H,3,4)(H,5,6). The average molecular weight is 474 g/mol. The van der Waals surface area contributed by atoms with Gasteiger partial charge in [-0.25, -0.2) is 9.59 Å². The highest BCUT2D eigenvalue weighted by Crippen LogP contribution is 2.31. The lowest BCUT2D eigenvalue weighted by atomic mass is 10.1. The Morgan fingerprint density at radius 1 is 1.06 bits per heavy atom. The topological polar surface area (TPSA) is 124 Å². The highest BCUT2D eigenvalue weighted by Gasteiger charge is 2.31. The molecule has 0 bridgehead atoms. The minimum atomic E-state index is -4.34. The molecule has 0 aliphatic carbocycles. The Balaban J connectivity index is 0.000000569. The number of furan rings is 1. The Morgan fingerprint density at radius 2 is 1.73 bits per heavy atom. The Morgan fingerprint density at radius 3 is 2.27 bits per heavy atom. The molecule has 0 radical (unpaired) electrons. The van der Waals surface area contributed by atoms with Crippen molar-refractivity contribution in [2.45, 2.75) is 18.9 Å². The van der Waals surface area contributed by atoms with Crippen LogP contribution in [0.4, 0.5) is 18.9 Å². The molecule has 0 spiro atoms. The van der Waals surface area contributed by atoms with Crippen LogP contribution in [0.3, 0.4) is 0 Å². The molecule has 1 atom stereocenters. The minimum Gasteiger partial charge on any atom is -0.473 e. The number of benzene rings is 1. The van der Waals surface area contributed by atoms with E-state index in [2.05, 4.69) is 4.90 Å². The molecule has 0 amide bonds. The molecule has 9 nitrogen and oxygen atoms in total. The normalized spacial score (nSPS) is 15.5. The molecule has 3 rings (SSSR count). The summed E-state index contributed by atoms with van der Waals surface area (Å²) >= 11 is 0. The summed E-state index contributed by atoms with van der Waals surface area (Å²) in [4.78, 5) is 22.2. The fraction of sp³-hybridized carbons (Fsp3) is 0.429. The largest absolute Gasteiger partial charge is 0.473 e. The number of carboxylic acid groups (broad SMARTS) is 2. The number of alkyl halides is 3. The maximum atomic E-state index is 12.9. The molecule has 1 aromatic heterocycles. The van der Waals surface area contributed by atoms with Gasteiger partial charge in [0.2, 0.25) is 0 Å². The van der Waals surface area contributed by atoms with Crippen molar-refractivity contribution in [1.29, 1.82) is 0 Å². The summed E-state index contributed by atoms with van der Waals surface area (Å²) in [5.74, 6) is -2.94. The molecule has 1 saturated heterocycles. The number of nitrogens with zero attached hydrogens (tertiary/aromatic N) is 2. The summed E-state index contributed by atoms with van der Waals surface area (Å²) < 4.78 is 49.2. The summed E-state index contributed by atoms with van der Waals surface area (Å²) in [5, 5.41) is 24.9. The minimum absolute atomic E-state index is 0.203. The number of aliphatic carboxylic acids is 2. The smallest absolute Gasteiger partial charge is 0.416 e. The molecular formula is C21H25F3N2O7. The molecular weight excluding hydrogens is 449 g/mol. The number of aliphatic hydroxyl groups excluding tert-OH is 1. The molecule has 1 fully saturated rings. The number of aliphatic hydroxyl groups is 1. The van der Waals surface area contributed by atoms with E-state index in [9.17, 15) is 18.3 Å². The Bertz CT molecular complexity index is 870. The Kier molecular flexibility index (Phi) is 9.70. The van der Waals surface area contributed by atoms with E-state index in [1.54, 1.807) is 24.5 Å². The highest BCUT2D eigenvalue weighted by molar-refractivity contribution is 6.27. The lowest BCUT2D eigenvalue weighted by Crippen LogP contribution is -2.49. The Labute approximate surface area is 187 Å². The first-order chi connectivity index (χ1) is 15.6. The number of carbonyl (C=O) groups is 2. The van der Waals surface area contributed by atoms with Gasteiger partial charge < -0.3 is 29.4 Å². The lowest BCUT2D eigenvalue weighted by molar-refractivity contribution is -0.159. The van der Waals surface area contributed by atoms with E-state index >= 15 is 0 Å². The lowest BCUT2D eigenvalue weighted by Gasteiger charge is -2.37. The van der Waals surface area contributed by atoms with Crippen molar-refractivity contribution < 1.29 is 47.2 Å². The second-order valence-electron chi connectivity index (χ2n) is 7.19. The van der Waals surface area contributed by atoms with Crippen LogP contribution in [0, 0.1) is 0 Å². The van der Waals surface area contributed by atoms with Crippen molar-refractivity contribution in [2.24, 2.45) is 0 Å². The molecule has 12 heteroatoms. The number of ether oxygens (including phenoxy) is 1. The van der Waals surface area contributed by atoms with Gasteiger partial charge in [-0.1, -0.05) is 6.07 Å².